The molecule has 4 heteroatoms. The second kappa shape index (κ2) is 2.34. The maximum absolute atomic E-state index is 3.42. The number of rotatable bonds is 0. The first-order chi connectivity index (χ1) is 2.50. The molecule has 4 nitrogen and oxygen atoms in total. The van der Waals surface area contributed by atoms with E-state index < -0.39 is 0 Å². The second-order valence-corrected chi connectivity index (χ2v) is 0.660. The first-order valence-corrected chi connectivity index (χ1v) is 1.30. The molecule has 31 valence electrons. The predicted octanol–water partition coefficient (Wildman–Crippen LogP) is -0.676. The summed E-state index contributed by atoms with van der Waals surface area (Å²) in [7, 11) is 0. The first-order valence-electron chi connectivity index (χ1n) is 1.30. The van der Waals surface area contributed by atoms with Crippen LogP contribution in [-0.4, -0.2) is 15.4 Å². The molecule has 0 atom stereocenters. The number of hydrogen-bond acceptors (Lipinski definition) is 2. The Labute approximate surface area is 35.2 Å². The lowest BCUT2D eigenvalue weighted by Gasteiger charge is -1.46. The molecule has 1 N–H and O–H groups in total. The lowest BCUT2D eigenvalue weighted by molar-refractivity contribution is 0.940. The fourth-order valence-electron chi connectivity index (χ4n) is 0.167. The molecule has 1 heterocycles. The quantitative estimate of drug-likeness (QED) is 0.451. The molecule has 0 aliphatic rings. The molecule has 0 unspecified atom stereocenters. The van der Waals surface area contributed by atoms with E-state index >= 15 is 0 Å². The Bertz CT molecular complexity index is 62.0. The summed E-state index contributed by atoms with van der Waals surface area (Å²) in [5.74, 6) is 0. The summed E-state index contributed by atoms with van der Waals surface area (Å²) in [6.07, 6.45) is 3.24. The van der Waals surface area contributed by atoms with Gasteiger partial charge in [-0.25, -0.2) is 0 Å². The minimum Gasteiger partial charge on any atom is -0.266 e. The van der Waals surface area contributed by atoms with Gasteiger partial charge in [-0.3, -0.25) is 5.10 Å². The van der Waals surface area contributed by atoms with Gasteiger partial charge in [0.15, 0.2) is 0 Å². The number of nitrogens with one attached hydrogen (secondary N) is 1. The van der Waals surface area contributed by atoms with Crippen molar-refractivity contribution in [3.63, 3.8) is 0 Å². The summed E-state index contributed by atoms with van der Waals surface area (Å²) in [4.78, 5) is 0. The largest absolute Gasteiger partial charge is 0.266 e. The Balaban J connectivity index is 0.000000250. The third-order valence-electron chi connectivity index (χ3n) is 0.331. The summed E-state index contributed by atoms with van der Waals surface area (Å²) in [5, 5.41) is 9.26. The van der Waals surface area contributed by atoms with Gasteiger partial charge in [-0.2, -0.15) is 0 Å². The Morgan fingerprint density at radius 2 is 2.33 bits per heavy atom. The van der Waals surface area contributed by atoms with Crippen molar-refractivity contribution in [1.82, 2.24) is 21.6 Å². The van der Waals surface area contributed by atoms with Crippen LogP contribution >= 0.6 is 0 Å². The van der Waals surface area contributed by atoms with Gasteiger partial charge in [-0.15, -0.1) is 5.10 Å². The fraction of sp³-hybridized carbons (Fsp3) is 0. The summed E-state index contributed by atoms with van der Waals surface area (Å²) in [5.41, 5.74) is 0. The zero-order chi connectivity index (χ0) is 3.54. The molecule has 0 saturated heterocycles. The number of aromatic amines is 1. The molecule has 0 saturated carbocycles. The highest BCUT2D eigenvalue weighted by molar-refractivity contribution is 4.54. The molecule has 3 radical (unpaired) electrons. The van der Waals surface area contributed by atoms with Gasteiger partial charge in [-0.1, -0.05) is 5.21 Å². The van der Waals surface area contributed by atoms with E-state index in [0.29, 0.717) is 0 Å². The van der Waals surface area contributed by atoms with E-state index in [2.05, 4.69) is 15.4 Å². The van der Waals surface area contributed by atoms with Crippen LogP contribution in [-0.2, 0) is 0 Å². The minimum absolute atomic E-state index is 0. The molecular formula is C2H3N4. The summed E-state index contributed by atoms with van der Waals surface area (Å²) in [6.45, 7) is 0. The van der Waals surface area contributed by atoms with Crippen molar-refractivity contribution in [2.24, 2.45) is 0 Å². The highest BCUT2D eigenvalue weighted by Gasteiger charge is 1.57. The number of H-pyrrole nitrogens is 1. The van der Waals surface area contributed by atoms with Gasteiger partial charge in [0.2, 0.25) is 0 Å². The van der Waals surface area contributed by atoms with Gasteiger partial charge in [-0.05, 0) is 0 Å². The molecule has 0 aliphatic heterocycles. The van der Waals surface area contributed by atoms with Crippen molar-refractivity contribution in [2.45, 2.75) is 0 Å². The zero-order valence-electron chi connectivity index (χ0n) is 3.00. The lowest BCUT2D eigenvalue weighted by Crippen LogP contribution is -1.61. The van der Waals surface area contributed by atoms with Gasteiger partial charge >= 0.3 is 0 Å². The Morgan fingerprint density at radius 1 is 1.50 bits per heavy atom. The van der Waals surface area contributed by atoms with Crippen molar-refractivity contribution in [3.8, 4) is 0 Å². The Morgan fingerprint density at radius 3 is 2.50 bits per heavy atom. The molecule has 0 bridgehead atoms. The van der Waals surface area contributed by atoms with Crippen molar-refractivity contribution >= 4 is 0 Å². The van der Waals surface area contributed by atoms with Crippen molar-refractivity contribution in [2.75, 3.05) is 0 Å². The Hall–Kier alpha value is -0.900. The van der Waals surface area contributed by atoms with Crippen LogP contribution in [0, 0.1) is 0 Å². The van der Waals surface area contributed by atoms with Crippen LogP contribution in [0.25, 0.3) is 0 Å². The molecule has 0 fully saturated rings. The fourth-order valence-corrected chi connectivity index (χ4v) is 0.167. The third-order valence-corrected chi connectivity index (χ3v) is 0.331. The average Bonchev–Trinajstić information content (AvgIpc) is 1.76. The number of hydrogen-bond donors (Lipinski definition) is 1. The average molecular weight is 83.1 g/mol. The van der Waals surface area contributed by atoms with E-state index in [-0.39, 0.29) is 6.15 Å². The van der Waals surface area contributed by atoms with Gasteiger partial charge in [0, 0.05) is 12.3 Å². The standard InChI is InChI=1S/C2H3N3.N/c1-2-4-5-3-1;/h1-2H,(H,3,4,5);. The van der Waals surface area contributed by atoms with Gasteiger partial charge < -0.3 is 0 Å². The molecular weight excluding hydrogens is 80.0 g/mol. The molecule has 0 amide bonds. The molecule has 1 aromatic heterocycles. The normalized spacial score (nSPS) is 6.67. The van der Waals surface area contributed by atoms with Crippen LogP contribution in [0.15, 0.2) is 12.4 Å². The topological polar surface area (TPSA) is 72.1 Å². The van der Waals surface area contributed by atoms with Gasteiger partial charge in [0.25, 0.3) is 0 Å². The van der Waals surface area contributed by atoms with Gasteiger partial charge in [0.05, 0.1) is 6.20 Å². The maximum Gasteiger partial charge on any atom is 0.0690 e. The molecule has 0 aromatic carbocycles. The molecule has 1 aromatic rings. The number of aromatic nitrogens is 3. The van der Waals surface area contributed by atoms with Crippen LogP contribution in [0.3, 0.4) is 0 Å². The van der Waals surface area contributed by atoms with Crippen molar-refractivity contribution in [1.29, 1.82) is 0 Å². The zero-order valence-corrected chi connectivity index (χ0v) is 3.00. The van der Waals surface area contributed by atoms with E-state index in [1.165, 1.54) is 0 Å². The highest BCUT2D eigenvalue weighted by atomic mass is 15.3. The second-order valence-electron chi connectivity index (χ2n) is 0.660. The van der Waals surface area contributed by atoms with E-state index in [9.17, 15) is 0 Å². The summed E-state index contributed by atoms with van der Waals surface area (Å²) >= 11 is 0. The monoisotopic (exact) mass is 83.0 g/mol. The van der Waals surface area contributed by atoms with Crippen LogP contribution in [0.2, 0.25) is 0 Å². The lowest BCUT2D eigenvalue weighted by atomic mass is 11.0. The van der Waals surface area contributed by atoms with E-state index in [1.807, 2.05) is 0 Å². The van der Waals surface area contributed by atoms with E-state index in [0.717, 1.165) is 0 Å². The van der Waals surface area contributed by atoms with Crippen LogP contribution in [0.1, 0.15) is 0 Å². The van der Waals surface area contributed by atoms with Crippen molar-refractivity contribution < 1.29 is 0 Å². The van der Waals surface area contributed by atoms with E-state index in [4.69, 9.17) is 0 Å². The highest BCUT2D eigenvalue weighted by Crippen LogP contribution is 1.55. The maximum atomic E-state index is 3.42. The SMILES string of the molecule is [N].c1c[nH]nn1. The molecule has 0 aliphatic carbocycles. The van der Waals surface area contributed by atoms with Crippen LogP contribution in [0.4, 0.5) is 0 Å². The third kappa shape index (κ3) is 0.813. The molecule has 6 heavy (non-hydrogen) atoms. The van der Waals surface area contributed by atoms with Gasteiger partial charge in [0.1, 0.15) is 0 Å². The first kappa shape index (κ1) is 5.10. The molecule has 1 rings (SSSR count). The van der Waals surface area contributed by atoms with Crippen LogP contribution in [0.5, 0.6) is 0 Å². The summed E-state index contributed by atoms with van der Waals surface area (Å²) in [6, 6.07) is 0. The van der Waals surface area contributed by atoms with Crippen LogP contribution < -0.4 is 6.15 Å². The smallest absolute Gasteiger partial charge is 0.0690 e. The van der Waals surface area contributed by atoms with Crippen molar-refractivity contribution in [3.05, 3.63) is 12.4 Å². The van der Waals surface area contributed by atoms with E-state index in [1.54, 1.807) is 12.4 Å². The number of nitrogens with zero attached hydrogens (tertiary/aromatic N) is 3. The predicted molar refractivity (Wildman–Crippen MR) is 18.5 cm³/mol. The Kier molecular flexibility index (Phi) is 1.99. The summed E-state index contributed by atoms with van der Waals surface area (Å²) < 4.78 is 0. The minimum atomic E-state index is 0. The molecule has 0 spiro atoms.